The molecule has 1 fully saturated rings. The van der Waals surface area contributed by atoms with Crippen LogP contribution in [0.5, 0.6) is 0 Å². The quantitative estimate of drug-likeness (QED) is 0.808. The predicted molar refractivity (Wildman–Crippen MR) is 85.5 cm³/mol. The zero-order valence-electron chi connectivity index (χ0n) is 14.0. The average molecular weight is 294 g/mol. The number of ether oxygens (including phenoxy) is 1. The summed E-state index contributed by atoms with van der Waals surface area (Å²) in [5.74, 6) is 0. The highest BCUT2D eigenvalue weighted by atomic mass is 16.5. The van der Waals surface area contributed by atoms with E-state index in [1.54, 1.807) is 0 Å². The second kappa shape index (κ2) is 7.38. The van der Waals surface area contributed by atoms with E-state index < -0.39 is 0 Å². The van der Waals surface area contributed by atoms with Crippen molar-refractivity contribution in [2.75, 3.05) is 39.4 Å². The third-order valence-electron chi connectivity index (χ3n) is 3.86. The van der Waals surface area contributed by atoms with Crippen molar-refractivity contribution in [3.63, 3.8) is 0 Å². The Kier molecular flexibility index (Phi) is 5.79. The van der Waals surface area contributed by atoms with Crippen LogP contribution in [0.2, 0.25) is 0 Å². The van der Waals surface area contributed by atoms with Gasteiger partial charge in [-0.2, -0.15) is 5.10 Å². The number of nitrogens with zero attached hydrogens (tertiary/aromatic N) is 3. The van der Waals surface area contributed by atoms with Gasteiger partial charge in [0.2, 0.25) is 0 Å². The lowest BCUT2D eigenvalue weighted by atomic mass is 9.89. The van der Waals surface area contributed by atoms with Crippen molar-refractivity contribution in [2.24, 2.45) is 7.05 Å². The van der Waals surface area contributed by atoms with Gasteiger partial charge in [-0.15, -0.1) is 0 Å². The first-order chi connectivity index (χ1) is 9.97. The van der Waals surface area contributed by atoms with Gasteiger partial charge in [0.1, 0.15) is 0 Å². The van der Waals surface area contributed by atoms with Crippen LogP contribution in [0.25, 0.3) is 0 Å². The molecule has 1 aliphatic heterocycles. The molecule has 0 aromatic carbocycles. The Morgan fingerprint density at radius 2 is 2.00 bits per heavy atom. The van der Waals surface area contributed by atoms with Crippen LogP contribution in [0, 0.1) is 0 Å². The van der Waals surface area contributed by atoms with Gasteiger partial charge in [-0.05, 0) is 19.5 Å². The van der Waals surface area contributed by atoms with Gasteiger partial charge in [0.05, 0.1) is 18.9 Å². The standard InChI is InChI=1S/C16H30N4O/c1-16(2,3)15-14(13-19(4)18-15)12-17-6-5-7-20-8-10-21-11-9-20/h13,17H,5-12H2,1-4H3. The number of rotatable bonds is 6. The summed E-state index contributed by atoms with van der Waals surface area (Å²) in [5.41, 5.74) is 2.62. The SMILES string of the molecule is Cn1cc(CNCCCN2CCOCC2)c(C(C)(C)C)n1. The maximum Gasteiger partial charge on any atom is 0.0722 e. The number of aryl methyl sites for hydroxylation is 1. The Balaban J connectivity index is 1.71. The molecule has 1 N–H and O–H groups in total. The Morgan fingerprint density at radius 3 is 2.67 bits per heavy atom. The Bertz CT molecular complexity index is 430. The molecule has 2 heterocycles. The highest BCUT2D eigenvalue weighted by molar-refractivity contribution is 5.23. The average Bonchev–Trinajstić information content (AvgIpc) is 2.81. The van der Waals surface area contributed by atoms with Gasteiger partial charge in [0.15, 0.2) is 0 Å². The maximum atomic E-state index is 5.37. The highest BCUT2D eigenvalue weighted by Crippen LogP contribution is 2.23. The molecule has 0 aliphatic carbocycles. The minimum atomic E-state index is 0.103. The number of hydrogen-bond acceptors (Lipinski definition) is 4. The van der Waals surface area contributed by atoms with Crippen LogP contribution in [0.3, 0.4) is 0 Å². The van der Waals surface area contributed by atoms with Crippen molar-refractivity contribution in [3.8, 4) is 0 Å². The first-order valence-electron chi connectivity index (χ1n) is 8.00. The van der Waals surface area contributed by atoms with Crippen LogP contribution >= 0.6 is 0 Å². The summed E-state index contributed by atoms with van der Waals surface area (Å²) < 4.78 is 7.29. The van der Waals surface area contributed by atoms with Gasteiger partial charge >= 0.3 is 0 Å². The summed E-state index contributed by atoms with van der Waals surface area (Å²) in [6, 6.07) is 0. The molecule has 120 valence electrons. The molecule has 0 saturated carbocycles. The molecule has 0 atom stereocenters. The van der Waals surface area contributed by atoms with Gasteiger partial charge in [0.25, 0.3) is 0 Å². The number of hydrogen-bond donors (Lipinski definition) is 1. The normalized spacial score (nSPS) is 17.3. The van der Waals surface area contributed by atoms with Crippen molar-refractivity contribution >= 4 is 0 Å². The zero-order valence-corrected chi connectivity index (χ0v) is 14.0. The topological polar surface area (TPSA) is 42.3 Å². The molecule has 2 rings (SSSR count). The fourth-order valence-electron chi connectivity index (χ4n) is 2.77. The van der Waals surface area contributed by atoms with Gasteiger partial charge in [-0.1, -0.05) is 20.8 Å². The lowest BCUT2D eigenvalue weighted by Crippen LogP contribution is -2.37. The van der Waals surface area contributed by atoms with Crippen molar-refractivity contribution in [1.29, 1.82) is 0 Å². The molecular weight excluding hydrogens is 264 g/mol. The molecule has 5 heteroatoms. The van der Waals surface area contributed by atoms with E-state index in [1.807, 2.05) is 11.7 Å². The van der Waals surface area contributed by atoms with E-state index in [0.717, 1.165) is 45.9 Å². The van der Waals surface area contributed by atoms with Gasteiger partial charge in [-0.3, -0.25) is 9.58 Å². The Labute approximate surface area is 128 Å². The molecule has 0 bridgehead atoms. The number of nitrogens with one attached hydrogen (secondary N) is 1. The predicted octanol–water partition coefficient (Wildman–Crippen LogP) is 1.53. The molecule has 1 aromatic rings. The first kappa shape index (κ1) is 16.5. The summed E-state index contributed by atoms with van der Waals surface area (Å²) in [5, 5.41) is 8.16. The summed E-state index contributed by atoms with van der Waals surface area (Å²) in [7, 11) is 2.00. The van der Waals surface area contributed by atoms with Gasteiger partial charge in [0, 0.05) is 43.9 Å². The summed E-state index contributed by atoms with van der Waals surface area (Å²) in [4.78, 5) is 2.48. The van der Waals surface area contributed by atoms with Crippen LogP contribution in [-0.4, -0.2) is 54.1 Å². The third kappa shape index (κ3) is 5.09. The second-order valence-corrected chi connectivity index (χ2v) is 6.91. The molecule has 1 aromatic heterocycles. The fourth-order valence-corrected chi connectivity index (χ4v) is 2.77. The van der Waals surface area contributed by atoms with Gasteiger partial charge < -0.3 is 10.1 Å². The molecular formula is C16H30N4O. The monoisotopic (exact) mass is 294 g/mol. The van der Waals surface area contributed by atoms with Crippen LogP contribution in [-0.2, 0) is 23.7 Å². The van der Waals surface area contributed by atoms with Crippen LogP contribution in [0.1, 0.15) is 38.4 Å². The van der Waals surface area contributed by atoms with Crippen molar-refractivity contribution < 1.29 is 4.74 Å². The Hall–Kier alpha value is -0.910. The maximum absolute atomic E-state index is 5.37. The number of aromatic nitrogens is 2. The van der Waals surface area contributed by atoms with Crippen LogP contribution in [0.4, 0.5) is 0 Å². The van der Waals surface area contributed by atoms with E-state index in [4.69, 9.17) is 4.74 Å². The van der Waals surface area contributed by atoms with Crippen LogP contribution < -0.4 is 5.32 Å². The highest BCUT2D eigenvalue weighted by Gasteiger charge is 2.21. The molecule has 21 heavy (non-hydrogen) atoms. The molecule has 0 amide bonds. The lowest BCUT2D eigenvalue weighted by Gasteiger charge is -2.26. The van der Waals surface area contributed by atoms with E-state index >= 15 is 0 Å². The molecule has 0 spiro atoms. The molecule has 5 nitrogen and oxygen atoms in total. The smallest absolute Gasteiger partial charge is 0.0722 e. The molecule has 0 radical (unpaired) electrons. The van der Waals surface area contributed by atoms with Crippen molar-refractivity contribution in [3.05, 3.63) is 17.5 Å². The molecule has 0 unspecified atom stereocenters. The fraction of sp³-hybridized carbons (Fsp3) is 0.812. The van der Waals surface area contributed by atoms with E-state index in [2.05, 4.69) is 42.3 Å². The third-order valence-corrected chi connectivity index (χ3v) is 3.86. The van der Waals surface area contributed by atoms with Crippen molar-refractivity contribution in [1.82, 2.24) is 20.0 Å². The minimum Gasteiger partial charge on any atom is -0.379 e. The van der Waals surface area contributed by atoms with Crippen molar-refractivity contribution in [2.45, 2.75) is 39.2 Å². The molecule has 1 aliphatic rings. The zero-order chi connectivity index (χ0) is 15.3. The van der Waals surface area contributed by atoms with E-state index in [-0.39, 0.29) is 5.41 Å². The lowest BCUT2D eigenvalue weighted by molar-refractivity contribution is 0.0374. The largest absolute Gasteiger partial charge is 0.379 e. The second-order valence-electron chi connectivity index (χ2n) is 6.91. The van der Waals surface area contributed by atoms with E-state index in [0.29, 0.717) is 0 Å². The minimum absolute atomic E-state index is 0.103. The number of morpholine rings is 1. The summed E-state index contributed by atoms with van der Waals surface area (Å²) >= 11 is 0. The Morgan fingerprint density at radius 1 is 1.29 bits per heavy atom. The molecule has 1 saturated heterocycles. The summed E-state index contributed by atoms with van der Waals surface area (Å²) in [6.07, 6.45) is 3.32. The van der Waals surface area contributed by atoms with Crippen LogP contribution in [0.15, 0.2) is 6.20 Å². The van der Waals surface area contributed by atoms with Gasteiger partial charge in [-0.25, -0.2) is 0 Å². The first-order valence-corrected chi connectivity index (χ1v) is 8.00. The van der Waals surface area contributed by atoms with E-state index in [1.165, 1.54) is 17.7 Å². The summed E-state index contributed by atoms with van der Waals surface area (Å²) in [6.45, 7) is 13.7. The van der Waals surface area contributed by atoms with E-state index in [9.17, 15) is 0 Å².